The summed E-state index contributed by atoms with van der Waals surface area (Å²) >= 11 is 1.95. The average molecular weight is 827 g/mol. The fourth-order valence-electron chi connectivity index (χ4n) is 10.1. The highest BCUT2D eigenvalue weighted by atomic mass is 32.1. The second-order valence-electron chi connectivity index (χ2n) is 17.0. The smallest absolute Gasteiger partial charge is 0.209 e. The fraction of sp³-hybridized carbons (Fsp3) is 0.204. The molecule has 6 aromatic rings. The normalized spacial score (nSPS) is 21.4. The van der Waals surface area contributed by atoms with Crippen LogP contribution in [0.4, 0.5) is 0 Å². The van der Waals surface area contributed by atoms with Gasteiger partial charge in [-0.1, -0.05) is 121 Å². The highest BCUT2D eigenvalue weighted by Gasteiger charge is 2.35. The molecule has 4 aromatic carbocycles. The molecule has 4 heterocycles. The first kappa shape index (κ1) is 37.2. The van der Waals surface area contributed by atoms with Crippen molar-refractivity contribution < 1.29 is 5.32 Å². The van der Waals surface area contributed by atoms with Crippen LogP contribution in [0.15, 0.2) is 172 Å². The standard InChI is InChI=1S/C54H47N7S/c1-5-17-34(18-6-1)49-55-50(35-19-7-2-8-20-35)58-53(57-49)38-29-32-45(43(33-38)54-59-51(36-21-9-3-10-22-36)56-52(60-54)37-23-11-4-12-24-37)61-44-27-15-13-25-39(44)41-30-31-42-40-26-14-16-28-46(40)62-48(42)47(41)61/h1,3-7,9-11,14-23,26-29,32-33,49,51,53,57H,2,8,12-13,24-25,30-31H2,(H,55,58)(H,56,59,60)/p+1. The maximum Gasteiger partial charge on any atom is 0.209 e. The molecule has 6 aliphatic rings. The van der Waals surface area contributed by atoms with Crippen molar-refractivity contribution in [2.75, 3.05) is 0 Å². The number of aliphatic imine (C=N–C) groups is 3. The lowest BCUT2D eigenvalue weighted by Gasteiger charge is -2.30. The Labute approximate surface area is 366 Å². The van der Waals surface area contributed by atoms with Crippen molar-refractivity contribution in [1.29, 1.82) is 0 Å². The number of quaternary nitrogens is 1. The summed E-state index contributed by atoms with van der Waals surface area (Å²) in [4.78, 5) is 17.7. The fourth-order valence-corrected chi connectivity index (χ4v) is 11.5. The molecular formula is C54H48N7S+. The van der Waals surface area contributed by atoms with Crippen molar-refractivity contribution in [3.05, 3.63) is 201 Å². The minimum Gasteiger partial charge on any atom is -0.325 e. The summed E-state index contributed by atoms with van der Waals surface area (Å²) in [5, 5.41) is 11.4. The molecule has 7 nitrogen and oxygen atoms in total. The number of allylic oxidation sites excluding steroid dienone is 6. The number of thiophene rings is 1. The molecule has 0 radical (unpaired) electrons. The third kappa shape index (κ3) is 6.57. The number of nitrogens with one attached hydrogen (secondary N) is 2. The molecule has 3 unspecified atom stereocenters. The van der Waals surface area contributed by atoms with Crippen LogP contribution in [-0.4, -0.2) is 22.1 Å². The molecular weight excluding hydrogens is 779 g/mol. The quantitative estimate of drug-likeness (QED) is 0.150. The Morgan fingerprint density at radius 3 is 2.27 bits per heavy atom. The minimum absolute atomic E-state index is 0.00861. The van der Waals surface area contributed by atoms with Gasteiger partial charge in [0.1, 0.15) is 17.5 Å². The molecule has 0 fully saturated rings. The second kappa shape index (κ2) is 15.7. The average Bonchev–Trinajstić information content (AvgIpc) is 3.91. The number of hydrogen-bond acceptors (Lipinski definition) is 6. The van der Waals surface area contributed by atoms with Crippen LogP contribution in [0.5, 0.6) is 0 Å². The summed E-state index contributed by atoms with van der Waals surface area (Å²) in [7, 11) is 0. The van der Waals surface area contributed by atoms with Gasteiger partial charge in [0.15, 0.2) is 12.3 Å². The van der Waals surface area contributed by atoms with E-state index in [4.69, 9.17) is 15.0 Å². The van der Waals surface area contributed by atoms with Crippen LogP contribution in [0.25, 0.3) is 32.4 Å². The number of hydrogen-bond donors (Lipinski definition) is 3. The molecule has 3 atom stereocenters. The van der Waals surface area contributed by atoms with E-state index in [9.17, 15) is 0 Å². The Hall–Kier alpha value is -6.61. The van der Waals surface area contributed by atoms with Gasteiger partial charge in [0.2, 0.25) is 6.17 Å². The lowest BCUT2D eigenvalue weighted by atomic mass is 9.89. The molecule has 12 rings (SSSR count). The predicted octanol–water partition coefficient (Wildman–Crippen LogP) is 10.7. The van der Waals surface area contributed by atoms with Crippen LogP contribution in [0, 0.1) is 0 Å². The SMILES string of the molecule is C1=CCCC(C2=NC(c3ccccc3)N=C(c3cc(C4N=C(C5=CCCC=C5)NC(c5ccccc5)[NH2+]4)ccc3-n3c4c(c5c3-c3sc6ccccc6c3CC5)CCC=C4)N2)=C1. The van der Waals surface area contributed by atoms with E-state index in [1.54, 1.807) is 0 Å². The molecule has 0 amide bonds. The number of fused-ring (bicyclic) bond motifs is 7. The minimum atomic E-state index is -0.394. The van der Waals surface area contributed by atoms with Gasteiger partial charge in [0, 0.05) is 32.7 Å². The maximum absolute atomic E-state index is 5.55. The van der Waals surface area contributed by atoms with Crippen LogP contribution >= 0.6 is 11.3 Å². The lowest BCUT2D eigenvalue weighted by Crippen LogP contribution is -2.90. The summed E-state index contributed by atoms with van der Waals surface area (Å²) in [6, 6.07) is 37.3. The van der Waals surface area contributed by atoms with E-state index in [-0.39, 0.29) is 12.3 Å². The maximum atomic E-state index is 5.55. The monoisotopic (exact) mass is 826 g/mol. The molecule has 0 saturated carbocycles. The molecule has 304 valence electrons. The summed E-state index contributed by atoms with van der Waals surface area (Å²) in [6.07, 6.45) is 25.8. The van der Waals surface area contributed by atoms with E-state index in [0.29, 0.717) is 0 Å². The molecule has 0 bridgehead atoms. The second-order valence-corrected chi connectivity index (χ2v) is 18.0. The summed E-state index contributed by atoms with van der Waals surface area (Å²) in [6.45, 7) is 0. The van der Waals surface area contributed by atoms with Crippen molar-refractivity contribution >= 4 is 45.0 Å². The Kier molecular flexibility index (Phi) is 9.41. The zero-order valence-electron chi connectivity index (χ0n) is 34.6. The van der Waals surface area contributed by atoms with Crippen LogP contribution in [-0.2, 0) is 19.3 Å². The van der Waals surface area contributed by atoms with E-state index in [0.717, 1.165) is 96.8 Å². The lowest BCUT2D eigenvalue weighted by molar-refractivity contribution is -0.739. The third-order valence-corrected chi connectivity index (χ3v) is 14.4. The first-order chi connectivity index (χ1) is 30.7. The predicted molar refractivity (Wildman–Crippen MR) is 255 cm³/mol. The Balaban J connectivity index is 1.08. The number of nitrogens with two attached hydrogens (primary N) is 1. The zero-order valence-corrected chi connectivity index (χ0v) is 35.4. The van der Waals surface area contributed by atoms with Gasteiger partial charge in [-0.05, 0) is 115 Å². The number of aromatic nitrogens is 1. The van der Waals surface area contributed by atoms with Crippen LogP contribution in [0.1, 0.15) is 95.2 Å². The number of rotatable bonds is 7. The number of amidine groups is 3. The topological polar surface area (TPSA) is 82.7 Å². The molecule has 0 spiro atoms. The molecule has 4 aliphatic carbocycles. The van der Waals surface area contributed by atoms with E-state index in [1.807, 2.05) is 11.3 Å². The van der Waals surface area contributed by atoms with Gasteiger partial charge < -0.3 is 15.2 Å². The Bertz CT molecular complexity index is 3010. The van der Waals surface area contributed by atoms with E-state index in [2.05, 4.69) is 172 Å². The zero-order chi connectivity index (χ0) is 41.0. The first-order valence-corrected chi connectivity index (χ1v) is 23.1. The molecule has 62 heavy (non-hydrogen) atoms. The highest BCUT2D eigenvalue weighted by molar-refractivity contribution is 7.22. The van der Waals surface area contributed by atoms with Crippen molar-refractivity contribution in [2.45, 2.75) is 69.9 Å². The van der Waals surface area contributed by atoms with Crippen LogP contribution < -0.4 is 16.0 Å². The van der Waals surface area contributed by atoms with E-state index >= 15 is 0 Å². The Morgan fingerprint density at radius 2 is 1.44 bits per heavy atom. The largest absolute Gasteiger partial charge is 0.325 e. The van der Waals surface area contributed by atoms with Crippen molar-refractivity contribution in [1.82, 2.24) is 15.2 Å². The van der Waals surface area contributed by atoms with Crippen molar-refractivity contribution in [3.8, 4) is 16.3 Å². The van der Waals surface area contributed by atoms with Gasteiger partial charge in [0.05, 0.1) is 16.3 Å². The number of nitrogens with zero attached hydrogens (tertiary/aromatic N) is 4. The van der Waals surface area contributed by atoms with Crippen molar-refractivity contribution in [3.63, 3.8) is 0 Å². The molecule has 2 aromatic heterocycles. The third-order valence-electron chi connectivity index (χ3n) is 13.2. The van der Waals surface area contributed by atoms with E-state index in [1.165, 1.54) is 54.2 Å². The van der Waals surface area contributed by atoms with Gasteiger partial charge in [-0.3, -0.25) is 5.32 Å². The van der Waals surface area contributed by atoms with Crippen LogP contribution in [0.2, 0.25) is 0 Å². The molecule has 0 saturated heterocycles. The molecule has 4 N–H and O–H groups in total. The number of benzene rings is 4. The van der Waals surface area contributed by atoms with Gasteiger partial charge in [-0.2, -0.15) is 0 Å². The summed E-state index contributed by atoms with van der Waals surface area (Å²) < 4.78 is 3.95. The first-order valence-electron chi connectivity index (χ1n) is 22.3. The van der Waals surface area contributed by atoms with Crippen LogP contribution in [0.3, 0.4) is 0 Å². The van der Waals surface area contributed by atoms with Gasteiger partial charge in [-0.15, -0.1) is 11.3 Å². The van der Waals surface area contributed by atoms with Gasteiger partial charge in [-0.25, -0.2) is 15.0 Å². The molecule has 2 aliphatic heterocycles. The summed E-state index contributed by atoms with van der Waals surface area (Å²) in [5.74, 6) is 2.66. The van der Waals surface area contributed by atoms with Crippen molar-refractivity contribution in [2.24, 2.45) is 15.0 Å². The summed E-state index contributed by atoms with van der Waals surface area (Å²) in [5.41, 5.74) is 15.0. The van der Waals surface area contributed by atoms with Gasteiger partial charge in [0.25, 0.3) is 0 Å². The molecule has 8 heteroatoms. The van der Waals surface area contributed by atoms with E-state index < -0.39 is 6.17 Å². The highest BCUT2D eigenvalue weighted by Crippen LogP contribution is 2.49. The number of aryl methyl sites for hydroxylation is 1. The Morgan fingerprint density at radius 1 is 0.645 bits per heavy atom. The van der Waals surface area contributed by atoms with Gasteiger partial charge >= 0.3 is 0 Å².